The molecule has 0 aliphatic heterocycles. The predicted molar refractivity (Wildman–Crippen MR) is 76.7 cm³/mol. The lowest BCUT2D eigenvalue weighted by Gasteiger charge is -2.03. The fraction of sp³-hybridized carbons (Fsp3) is 0.125. The van der Waals surface area contributed by atoms with Crippen molar-refractivity contribution in [2.24, 2.45) is 0 Å². The molecule has 0 unspecified atom stereocenters. The second-order valence-electron chi connectivity index (χ2n) is 4.77. The van der Waals surface area contributed by atoms with Crippen molar-refractivity contribution in [3.63, 3.8) is 0 Å². The monoisotopic (exact) mass is 266 g/mol. The molecule has 0 atom stereocenters. The predicted octanol–water partition coefficient (Wildman–Crippen LogP) is 2.94. The maximum absolute atomic E-state index is 11.1. The van der Waals surface area contributed by atoms with Crippen molar-refractivity contribution >= 4 is 11.6 Å². The van der Waals surface area contributed by atoms with Gasteiger partial charge in [0.2, 0.25) is 0 Å². The summed E-state index contributed by atoms with van der Waals surface area (Å²) < 4.78 is 1.84. The first-order valence-electron chi connectivity index (χ1n) is 6.40. The number of carboxylic acids is 1. The fourth-order valence-electron chi connectivity index (χ4n) is 2.30. The molecular formula is C16H14N2O2. The van der Waals surface area contributed by atoms with Crippen LogP contribution in [0.25, 0.3) is 16.9 Å². The Morgan fingerprint density at radius 3 is 2.65 bits per heavy atom. The molecule has 100 valence electrons. The minimum absolute atomic E-state index is 0.0472. The zero-order valence-corrected chi connectivity index (χ0v) is 11.1. The van der Waals surface area contributed by atoms with Gasteiger partial charge in [-0.25, -0.2) is 4.98 Å². The summed E-state index contributed by atoms with van der Waals surface area (Å²) in [6.45, 7) is 2.02. The van der Waals surface area contributed by atoms with Gasteiger partial charge in [-0.3, -0.25) is 4.79 Å². The van der Waals surface area contributed by atoms with Crippen LogP contribution in [0.15, 0.2) is 48.7 Å². The SMILES string of the molecule is Cc1ccc(-c2nc3ccccn3c2CC(=O)O)cc1. The molecule has 0 fully saturated rings. The zero-order valence-electron chi connectivity index (χ0n) is 11.1. The van der Waals surface area contributed by atoms with Crippen LogP contribution in [0, 0.1) is 6.92 Å². The lowest BCUT2D eigenvalue weighted by Crippen LogP contribution is -2.04. The second-order valence-corrected chi connectivity index (χ2v) is 4.77. The fourth-order valence-corrected chi connectivity index (χ4v) is 2.30. The van der Waals surface area contributed by atoms with Gasteiger partial charge in [0.25, 0.3) is 0 Å². The Morgan fingerprint density at radius 1 is 1.20 bits per heavy atom. The Labute approximate surface area is 116 Å². The molecule has 0 saturated heterocycles. The Balaban J connectivity index is 2.23. The summed E-state index contributed by atoms with van der Waals surface area (Å²) >= 11 is 0. The van der Waals surface area contributed by atoms with Crippen molar-refractivity contribution in [2.45, 2.75) is 13.3 Å². The Kier molecular flexibility index (Phi) is 2.99. The number of carboxylic acid groups (broad SMARTS) is 1. The summed E-state index contributed by atoms with van der Waals surface area (Å²) in [5, 5.41) is 9.12. The lowest BCUT2D eigenvalue weighted by molar-refractivity contribution is -0.136. The minimum atomic E-state index is -0.857. The molecule has 0 amide bonds. The molecule has 0 radical (unpaired) electrons. The number of aliphatic carboxylic acids is 1. The van der Waals surface area contributed by atoms with Crippen LogP contribution >= 0.6 is 0 Å². The molecule has 4 nitrogen and oxygen atoms in total. The number of benzene rings is 1. The van der Waals surface area contributed by atoms with Crippen molar-refractivity contribution in [2.75, 3.05) is 0 Å². The molecular weight excluding hydrogens is 252 g/mol. The summed E-state index contributed by atoms with van der Waals surface area (Å²) in [6, 6.07) is 13.6. The molecule has 3 aromatic rings. The summed E-state index contributed by atoms with van der Waals surface area (Å²) in [7, 11) is 0. The number of aromatic nitrogens is 2. The van der Waals surface area contributed by atoms with Crippen LogP contribution < -0.4 is 0 Å². The molecule has 1 N–H and O–H groups in total. The highest BCUT2D eigenvalue weighted by Gasteiger charge is 2.16. The Morgan fingerprint density at radius 2 is 1.95 bits per heavy atom. The molecule has 1 aromatic carbocycles. The number of rotatable bonds is 3. The van der Waals surface area contributed by atoms with E-state index >= 15 is 0 Å². The third-order valence-electron chi connectivity index (χ3n) is 3.27. The van der Waals surface area contributed by atoms with Crippen molar-refractivity contribution in [3.8, 4) is 11.3 Å². The van der Waals surface area contributed by atoms with Crippen molar-refractivity contribution in [3.05, 3.63) is 59.9 Å². The molecule has 2 aromatic heterocycles. The summed E-state index contributed by atoms with van der Waals surface area (Å²) in [5.74, 6) is -0.857. The van der Waals surface area contributed by atoms with Gasteiger partial charge >= 0.3 is 5.97 Å². The highest BCUT2D eigenvalue weighted by Crippen LogP contribution is 2.25. The standard InChI is InChI=1S/C16H14N2O2/c1-11-5-7-12(8-6-11)16-13(10-15(19)20)18-9-3-2-4-14(18)17-16/h2-9H,10H2,1H3,(H,19,20). The Hall–Kier alpha value is -2.62. The molecule has 3 rings (SSSR count). The third kappa shape index (κ3) is 2.16. The van der Waals surface area contributed by atoms with Crippen LogP contribution in [0.1, 0.15) is 11.3 Å². The largest absolute Gasteiger partial charge is 0.481 e. The smallest absolute Gasteiger partial charge is 0.309 e. The van der Waals surface area contributed by atoms with Gasteiger partial charge < -0.3 is 9.51 Å². The number of imidazole rings is 1. The highest BCUT2D eigenvalue weighted by atomic mass is 16.4. The van der Waals surface area contributed by atoms with Crippen LogP contribution in [-0.2, 0) is 11.2 Å². The zero-order chi connectivity index (χ0) is 14.1. The number of hydrogen-bond donors (Lipinski definition) is 1. The van der Waals surface area contributed by atoms with Gasteiger partial charge in [0.15, 0.2) is 0 Å². The molecule has 0 saturated carbocycles. The van der Waals surface area contributed by atoms with E-state index in [-0.39, 0.29) is 6.42 Å². The van der Waals surface area contributed by atoms with E-state index in [1.54, 1.807) is 0 Å². The van der Waals surface area contributed by atoms with Crippen molar-refractivity contribution < 1.29 is 9.90 Å². The number of carbonyl (C=O) groups is 1. The van der Waals surface area contributed by atoms with Gasteiger partial charge in [-0.15, -0.1) is 0 Å². The van der Waals surface area contributed by atoms with Gasteiger partial charge in [-0.2, -0.15) is 0 Å². The maximum Gasteiger partial charge on any atom is 0.309 e. The quantitative estimate of drug-likeness (QED) is 0.793. The van der Waals surface area contributed by atoms with E-state index in [4.69, 9.17) is 5.11 Å². The number of fused-ring (bicyclic) bond motifs is 1. The number of nitrogens with zero attached hydrogens (tertiary/aromatic N) is 2. The number of pyridine rings is 1. The normalized spacial score (nSPS) is 10.8. The van der Waals surface area contributed by atoms with Crippen LogP contribution in [-0.4, -0.2) is 20.5 Å². The van der Waals surface area contributed by atoms with E-state index in [0.717, 1.165) is 22.5 Å². The first kappa shape index (κ1) is 12.4. The number of hydrogen-bond acceptors (Lipinski definition) is 2. The number of aryl methyl sites for hydroxylation is 1. The molecule has 0 spiro atoms. The van der Waals surface area contributed by atoms with Crippen LogP contribution in [0.2, 0.25) is 0 Å². The first-order valence-corrected chi connectivity index (χ1v) is 6.40. The topological polar surface area (TPSA) is 54.6 Å². The molecule has 20 heavy (non-hydrogen) atoms. The molecule has 4 heteroatoms. The molecule has 0 aliphatic carbocycles. The third-order valence-corrected chi connectivity index (χ3v) is 3.27. The van der Waals surface area contributed by atoms with E-state index in [1.807, 2.05) is 60.0 Å². The Bertz CT molecular complexity index is 773. The molecule has 2 heterocycles. The van der Waals surface area contributed by atoms with Gasteiger partial charge in [0.05, 0.1) is 17.8 Å². The van der Waals surface area contributed by atoms with Gasteiger partial charge in [0, 0.05) is 11.8 Å². The van der Waals surface area contributed by atoms with E-state index in [2.05, 4.69) is 4.98 Å². The van der Waals surface area contributed by atoms with E-state index in [1.165, 1.54) is 0 Å². The molecule has 0 bridgehead atoms. The van der Waals surface area contributed by atoms with E-state index in [0.29, 0.717) is 5.69 Å². The van der Waals surface area contributed by atoms with E-state index < -0.39 is 5.97 Å². The van der Waals surface area contributed by atoms with Crippen molar-refractivity contribution in [1.29, 1.82) is 0 Å². The highest BCUT2D eigenvalue weighted by molar-refractivity contribution is 5.76. The van der Waals surface area contributed by atoms with E-state index in [9.17, 15) is 4.79 Å². The minimum Gasteiger partial charge on any atom is -0.481 e. The summed E-state index contributed by atoms with van der Waals surface area (Å²) in [5.41, 5.74) is 4.31. The van der Waals surface area contributed by atoms with Gasteiger partial charge in [-0.1, -0.05) is 35.9 Å². The van der Waals surface area contributed by atoms with Gasteiger partial charge in [-0.05, 0) is 19.1 Å². The van der Waals surface area contributed by atoms with Crippen molar-refractivity contribution in [1.82, 2.24) is 9.38 Å². The van der Waals surface area contributed by atoms with Gasteiger partial charge in [0.1, 0.15) is 5.65 Å². The van der Waals surface area contributed by atoms with Crippen LogP contribution in [0.3, 0.4) is 0 Å². The maximum atomic E-state index is 11.1. The summed E-state index contributed by atoms with van der Waals surface area (Å²) in [4.78, 5) is 15.7. The lowest BCUT2D eigenvalue weighted by atomic mass is 10.1. The average Bonchev–Trinajstić information content (AvgIpc) is 2.78. The first-order chi connectivity index (χ1) is 9.65. The molecule has 0 aliphatic rings. The van der Waals surface area contributed by atoms with Crippen LogP contribution in [0.4, 0.5) is 0 Å². The second kappa shape index (κ2) is 4.81. The average molecular weight is 266 g/mol. The summed E-state index contributed by atoms with van der Waals surface area (Å²) in [6.07, 6.45) is 1.80. The van der Waals surface area contributed by atoms with Crippen LogP contribution in [0.5, 0.6) is 0 Å².